The first kappa shape index (κ1) is 17.0. The van der Waals surface area contributed by atoms with Gasteiger partial charge in [-0.2, -0.15) is 0 Å². The maximum absolute atomic E-state index is 12.2. The molecule has 2 heterocycles. The number of hydrogen-bond donors (Lipinski definition) is 2. The molecule has 1 atom stereocenters. The van der Waals surface area contributed by atoms with Crippen LogP contribution in [0.4, 0.5) is 16.2 Å². The highest BCUT2D eigenvalue weighted by atomic mass is 16.2. The number of nitrogens with zero attached hydrogens (tertiary/aromatic N) is 2. The van der Waals surface area contributed by atoms with E-state index in [1.165, 1.54) is 0 Å². The molecule has 1 saturated heterocycles. The van der Waals surface area contributed by atoms with Gasteiger partial charge < -0.3 is 15.5 Å². The molecule has 0 unspecified atom stereocenters. The Morgan fingerprint density at radius 3 is 2.52 bits per heavy atom. The van der Waals surface area contributed by atoms with Gasteiger partial charge in [-0.25, -0.2) is 4.79 Å². The van der Waals surface area contributed by atoms with Crippen molar-refractivity contribution < 1.29 is 9.59 Å². The fraction of sp³-hybridized carbons (Fsp3) is 0.316. The molecule has 130 valence electrons. The average Bonchev–Trinajstić information content (AvgIpc) is 3.07. The number of rotatable bonds is 5. The number of urea groups is 1. The van der Waals surface area contributed by atoms with Gasteiger partial charge in [-0.05, 0) is 54.8 Å². The summed E-state index contributed by atoms with van der Waals surface area (Å²) in [5.41, 5.74) is 2.59. The molecule has 2 N–H and O–H groups in total. The minimum absolute atomic E-state index is 0.0653. The van der Waals surface area contributed by atoms with Gasteiger partial charge in [-0.3, -0.25) is 9.78 Å². The molecule has 0 saturated carbocycles. The third-order valence-corrected chi connectivity index (χ3v) is 4.33. The van der Waals surface area contributed by atoms with E-state index >= 15 is 0 Å². The second-order valence-electron chi connectivity index (χ2n) is 6.04. The van der Waals surface area contributed by atoms with Crippen molar-refractivity contribution in [3.8, 4) is 0 Å². The van der Waals surface area contributed by atoms with Crippen LogP contribution < -0.4 is 15.5 Å². The predicted molar refractivity (Wildman–Crippen MR) is 97.5 cm³/mol. The number of nitrogens with one attached hydrogen (secondary N) is 2. The van der Waals surface area contributed by atoms with E-state index < -0.39 is 0 Å². The van der Waals surface area contributed by atoms with Crippen LogP contribution in [0.3, 0.4) is 0 Å². The van der Waals surface area contributed by atoms with E-state index in [1.54, 1.807) is 17.3 Å². The number of carbonyl (C=O) groups excluding carboxylic acids is 2. The van der Waals surface area contributed by atoms with Crippen LogP contribution in [0.15, 0.2) is 48.8 Å². The Balaban J connectivity index is 1.60. The number of amides is 3. The van der Waals surface area contributed by atoms with E-state index in [1.807, 2.05) is 43.3 Å². The molecule has 1 aliphatic rings. The van der Waals surface area contributed by atoms with Gasteiger partial charge in [-0.1, -0.05) is 6.92 Å². The summed E-state index contributed by atoms with van der Waals surface area (Å²) in [5.74, 6) is 0.154. The molecule has 25 heavy (non-hydrogen) atoms. The van der Waals surface area contributed by atoms with Crippen molar-refractivity contribution in [3.05, 3.63) is 54.4 Å². The molecule has 0 spiro atoms. The van der Waals surface area contributed by atoms with Crippen LogP contribution in [0.1, 0.15) is 37.8 Å². The van der Waals surface area contributed by atoms with E-state index in [4.69, 9.17) is 0 Å². The quantitative estimate of drug-likeness (QED) is 0.876. The van der Waals surface area contributed by atoms with Crippen LogP contribution >= 0.6 is 0 Å². The predicted octanol–water partition coefficient (Wildman–Crippen LogP) is 3.48. The second kappa shape index (κ2) is 7.79. The lowest BCUT2D eigenvalue weighted by atomic mass is 10.1. The van der Waals surface area contributed by atoms with Crippen LogP contribution in [-0.2, 0) is 4.79 Å². The Labute approximate surface area is 147 Å². The Hall–Kier alpha value is -2.89. The second-order valence-corrected chi connectivity index (χ2v) is 6.04. The van der Waals surface area contributed by atoms with Crippen LogP contribution in [0.25, 0.3) is 0 Å². The molecule has 0 bridgehead atoms. The lowest BCUT2D eigenvalue weighted by Gasteiger charge is -2.18. The summed E-state index contributed by atoms with van der Waals surface area (Å²) in [6.07, 6.45) is 5.73. The molecular weight excluding hydrogens is 316 g/mol. The maximum Gasteiger partial charge on any atom is 0.319 e. The Bertz CT molecular complexity index is 731. The normalized spacial score (nSPS) is 15.1. The molecule has 1 aromatic carbocycles. The topological polar surface area (TPSA) is 74.3 Å². The fourth-order valence-corrected chi connectivity index (χ4v) is 2.99. The van der Waals surface area contributed by atoms with Gasteiger partial charge >= 0.3 is 6.03 Å². The number of carbonyl (C=O) groups is 2. The number of anilines is 2. The summed E-state index contributed by atoms with van der Waals surface area (Å²) in [4.78, 5) is 29.8. The molecule has 0 radical (unpaired) electrons. The first-order chi connectivity index (χ1) is 12.2. The third kappa shape index (κ3) is 4.15. The third-order valence-electron chi connectivity index (χ3n) is 4.33. The number of pyridine rings is 1. The molecule has 3 rings (SSSR count). The highest BCUT2D eigenvalue weighted by Crippen LogP contribution is 2.23. The Morgan fingerprint density at radius 2 is 1.92 bits per heavy atom. The van der Waals surface area contributed by atoms with Crippen LogP contribution in [0.5, 0.6) is 0 Å². The van der Waals surface area contributed by atoms with Crippen molar-refractivity contribution in [3.63, 3.8) is 0 Å². The summed E-state index contributed by atoms with van der Waals surface area (Å²) in [6, 6.07) is 10.8. The van der Waals surface area contributed by atoms with E-state index in [2.05, 4.69) is 15.6 Å². The number of benzene rings is 1. The van der Waals surface area contributed by atoms with Crippen molar-refractivity contribution in [1.29, 1.82) is 0 Å². The van der Waals surface area contributed by atoms with Crippen molar-refractivity contribution in [2.45, 2.75) is 32.2 Å². The summed E-state index contributed by atoms with van der Waals surface area (Å²) in [6.45, 7) is 2.78. The molecule has 3 amide bonds. The first-order valence-corrected chi connectivity index (χ1v) is 8.55. The first-order valence-electron chi connectivity index (χ1n) is 8.55. The van der Waals surface area contributed by atoms with Crippen LogP contribution in [0.2, 0.25) is 0 Å². The van der Waals surface area contributed by atoms with Crippen molar-refractivity contribution in [2.75, 3.05) is 16.8 Å². The lowest BCUT2D eigenvalue weighted by Crippen LogP contribution is -2.32. The zero-order valence-electron chi connectivity index (χ0n) is 14.2. The number of hydrogen-bond acceptors (Lipinski definition) is 3. The Kier molecular flexibility index (Phi) is 5.28. The van der Waals surface area contributed by atoms with Crippen LogP contribution in [-0.4, -0.2) is 23.5 Å². The summed E-state index contributed by atoms with van der Waals surface area (Å²) in [7, 11) is 0. The summed E-state index contributed by atoms with van der Waals surface area (Å²) in [5, 5.41) is 5.80. The molecule has 6 nitrogen and oxygen atoms in total. The maximum atomic E-state index is 12.2. The highest BCUT2D eigenvalue weighted by Gasteiger charge is 2.21. The average molecular weight is 338 g/mol. The monoisotopic (exact) mass is 338 g/mol. The van der Waals surface area contributed by atoms with Gasteiger partial charge in [0.15, 0.2) is 0 Å². The van der Waals surface area contributed by atoms with Crippen molar-refractivity contribution in [1.82, 2.24) is 10.3 Å². The summed E-state index contributed by atoms with van der Waals surface area (Å²) < 4.78 is 0. The fourth-order valence-electron chi connectivity index (χ4n) is 2.99. The molecular formula is C19H22N4O2. The summed E-state index contributed by atoms with van der Waals surface area (Å²) >= 11 is 0. The lowest BCUT2D eigenvalue weighted by molar-refractivity contribution is -0.117. The molecule has 0 aliphatic carbocycles. The highest BCUT2D eigenvalue weighted by molar-refractivity contribution is 5.96. The SMILES string of the molecule is CC[C@H](NC(=O)Nc1ccc(N2CCCC2=O)cc1)c1ccncc1. The van der Waals surface area contributed by atoms with Crippen molar-refractivity contribution in [2.24, 2.45) is 0 Å². The van der Waals surface area contributed by atoms with Crippen molar-refractivity contribution >= 4 is 23.3 Å². The molecule has 1 fully saturated rings. The molecule has 2 aromatic rings. The van der Waals surface area contributed by atoms with E-state index in [9.17, 15) is 9.59 Å². The van der Waals surface area contributed by atoms with E-state index in [0.29, 0.717) is 12.1 Å². The molecule has 6 heteroatoms. The number of aromatic nitrogens is 1. The van der Waals surface area contributed by atoms with E-state index in [0.717, 1.165) is 30.6 Å². The minimum Gasteiger partial charge on any atom is -0.331 e. The molecule has 1 aliphatic heterocycles. The smallest absolute Gasteiger partial charge is 0.319 e. The standard InChI is InChI=1S/C19H22N4O2/c1-2-17(14-9-11-20-12-10-14)22-19(25)21-15-5-7-16(8-6-15)23-13-3-4-18(23)24/h5-12,17H,2-4,13H2,1H3,(H2,21,22,25)/t17-/m0/s1. The van der Waals surface area contributed by atoms with Gasteiger partial charge in [0.2, 0.25) is 5.91 Å². The van der Waals surface area contributed by atoms with Gasteiger partial charge in [0.05, 0.1) is 6.04 Å². The zero-order chi connectivity index (χ0) is 17.6. The zero-order valence-corrected chi connectivity index (χ0v) is 14.2. The van der Waals surface area contributed by atoms with E-state index in [-0.39, 0.29) is 18.0 Å². The van der Waals surface area contributed by atoms with Gasteiger partial charge in [-0.15, -0.1) is 0 Å². The van der Waals surface area contributed by atoms with Gasteiger partial charge in [0, 0.05) is 36.7 Å². The van der Waals surface area contributed by atoms with Gasteiger partial charge in [0.1, 0.15) is 0 Å². The van der Waals surface area contributed by atoms with Gasteiger partial charge in [0.25, 0.3) is 0 Å². The van der Waals surface area contributed by atoms with Crippen LogP contribution in [0, 0.1) is 0 Å². The minimum atomic E-state index is -0.256. The largest absolute Gasteiger partial charge is 0.331 e. The molecule has 1 aromatic heterocycles. The Morgan fingerprint density at radius 1 is 1.20 bits per heavy atom.